The van der Waals surface area contributed by atoms with Gasteiger partial charge in [0.15, 0.2) is 0 Å². The molecule has 2 heteroatoms. The molecule has 0 amide bonds. The summed E-state index contributed by atoms with van der Waals surface area (Å²) in [5, 5.41) is 0. The minimum atomic E-state index is 0.189. The first-order valence-electron chi connectivity index (χ1n) is 7.40. The molecule has 1 unspecified atom stereocenters. The topological polar surface area (TPSA) is 35.2 Å². The van der Waals surface area contributed by atoms with Crippen molar-refractivity contribution in [1.29, 1.82) is 0 Å². The van der Waals surface area contributed by atoms with Gasteiger partial charge in [0.1, 0.15) is 0 Å². The molecule has 2 nitrogen and oxygen atoms in total. The number of aryl methyl sites for hydroxylation is 1. The van der Waals surface area contributed by atoms with Gasteiger partial charge < -0.3 is 10.5 Å². The van der Waals surface area contributed by atoms with Gasteiger partial charge in [0.2, 0.25) is 0 Å². The van der Waals surface area contributed by atoms with E-state index in [1.165, 1.54) is 16.7 Å². The lowest BCUT2D eigenvalue weighted by atomic mass is 9.66. The molecule has 0 aromatic heterocycles. The van der Waals surface area contributed by atoms with Gasteiger partial charge in [-0.2, -0.15) is 0 Å². The summed E-state index contributed by atoms with van der Waals surface area (Å²) >= 11 is 0. The van der Waals surface area contributed by atoms with E-state index in [0.29, 0.717) is 11.8 Å². The van der Waals surface area contributed by atoms with Crippen LogP contribution in [0.2, 0.25) is 0 Å². The Bertz CT molecular complexity index is 435. The molecular formula is C17H27NO. The van der Waals surface area contributed by atoms with Gasteiger partial charge in [-0.3, -0.25) is 0 Å². The van der Waals surface area contributed by atoms with Crippen molar-refractivity contribution in [2.45, 2.75) is 45.4 Å². The average molecular weight is 261 g/mol. The smallest absolute Gasteiger partial charge is 0.0588 e. The lowest BCUT2D eigenvalue weighted by Crippen LogP contribution is -2.52. The standard InChI is InChI=1S/C17H27NO/c1-12(2)15-6-5-13(3)16(9-15)17(10-19-11-17)14(4)7-8-18/h5-6,9,12,14H,7-8,10-11,18H2,1-4H3. The molecule has 19 heavy (non-hydrogen) atoms. The van der Waals surface area contributed by atoms with Crippen molar-refractivity contribution in [2.24, 2.45) is 11.7 Å². The molecule has 0 bridgehead atoms. The molecule has 106 valence electrons. The van der Waals surface area contributed by atoms with Crippen molar-refractivity contribution in [3.8, 4) is 0 Å². The molecule has 1 aliphatic heterocycles. The first-order valence-corrected chi connectivity index (χ1v) is 7.40. The number of rotatable bonds is 5. The monoisotopic (exact) mass is 261 g/mol. The van der Waals surface area contributed by atoms with Gasteiger partial charge in [0.25, 0.3) is 0 Å². The van der Waals surface area contributed by atoms with Crippen molar-refractivity contribution in [3.63, 3.8) is 0 Å². The van der Waals surface area contributed by atoms with Crippen molar-refractivity contribution < 1.29 is 4.74 Å². The predicted molar refractivity (Wildman–Crippen MR) is 80.6 cm³/mol. The maximum absolute atomic E-state index is 5.76. The zero-order valence-electron chi connectivity index (χ0n) is 12.7. The summed E-state index contributed by atoms with van der Waals surface area (Å²) in [6.45, 7) is 11.5. The lowest BCUT2D eigenvalue weighted by Gasteiger charge is -2.47. The highest BCUT2D eigenvalue weighted by Gasteiger charge is 2.45. The van der Waals surface area contributed by atoms with E-state index in [4.69, 9.17) is 10.5 Å². The molecule has 1 fully saturated rings. The fraction of sp³-hybridized carbons (Fsp3) is 0.647. The fourth-order valence-corrected chi connectivity index (χ4v) is 3.09. The van der Waals surface area contributed by atoms with Crippen LogP contribution in [0.15, 0.2) is 18.2 Å². The van der Waals surface area contributed by atoms with E-state index < -0.39 is 0 Å². The quantitative estimate of drug-likeness (QED) is 0.882. The minimum Gasteiger partial charge on any atom is -0.379 e. The molecule has 2 N–H and O–H groups in total. The summed E-state index contributed by atoms with van der Waals surface area (Å²) in [6, 6.07) is 6.92. The number of hydrogen-bond acceptors (Lipinski definition) is 2. The summed E-state index contributed by atoms with van der Waals surface area (Å²) in [5.41, 5.74) is 10.2. The summed E-state index contributed by atoms with van der Waals surface area (Å²) in [4.78, 5) is 0. The van der Waals surface area contributed by atoms with Crippen LogP contribution in [0.25, 0.3) is 0 Å². The van der Waals surface area contributed by atoms with Gasteiger partial charge in [-0.25, -0.2) is 0 Å². The molecule has 0 radical (unpaired) electrons. The highest BCUT2D eigenvalue weighted by molar-refractivity contribution is 5.40. The minimum absolute atomic E-state index is 0.189. The second kappa shape index (κ2) is 5.64. The van der Waals surface area contributed by atoms with Gasteiger partial charge >= 0.3 is 0 Å². The molecular weight excluding hydrogens is 234 g/mol. The van der Waals surface area contributed by atoms with Gasteiger partial charge in [-0.1, -0.05) is 39.0 Å². The van der Waals surface area contributed by atoms with Crippen molar-refractivity contribution in [2.75, 3.05) is 19.8 Å². The van der Waals surface area contributed by atoms with Crippen LogP contribution in [-0.2, 0) is 10.2 Å². The third kappa shape index (κ3) is 2.56. The Labute approximate surface area is 117 Å². The first-order chi connectivity index (χ1) is 9.01. The molecule has 0 spiro atoms. The van der Waals surface area contributed by atoms with Crippen LogP contribution in [-0.4, -0.2) is 19.8 Å². The Morgan fingerprint density at radius 3 is 2.42 bits per heavy atom. The van der Waals surface area contributed by atoms with E-state index in [9.17, 15) is 0 Å². The largest absolute Gasteiger partial charge is 0.379 e. The van der Waals surface area contributed by atoms with Crippen LogP contribution < -0.4 is 5.73 Å². The zero-order chi connectivity index (χ0) is 14.0. The maximum atomic E-state index is 5.76. The second-order valence-corrected chi connectivity index (χ2v) is 6.36. The van der Waals surface area contributed by atoms with E-state index in [1.54, 1.807) is 0 Å². The average Bonchev–Trinajstić information content (AvgIpc) is 2.30. The van der Waals surface area contributed by atoms with Gasteiger partial charge in [-0.15, -0.1) is 0 Å². The molecule has 2 rings (SSSR count). The lowest BCUT2D eigenvalue weighted by molar-refractivity contribution is -0.0886. The number of ether oxygens (including phenoxy) is 1. The summed E-state index contributed by atoms with van der Waals surface area (Å²) in [7, 11) is 0. The van der Waals surface area contributed by atoms with Crippen LogP contribution in [0, 0.1) is 12.8 Å². The van der Waals surface area contributed by atoms with Crippen LogP contribution in [0.5, 0.6) is 0 Å². The van der Waals surface area contributed by atoms with E-state index in [1.807, 2.05) is 0 Å². The Hall–Kier alpha value is -0.860. The zero-order valence-corrected chi connectivity index (χ0v) is 12.7. The highest BCUT2D eigenvalue weighted by atomic mass is 16.5. The Morgan fingerprint density at radius 1 is 1.26 bits per heavy atom. The molecule has 1 aromatic carbocycles. The number of hydrogen-bond donors (Lipinski definition) is 1. The normalized spacial score (nSPS) is 19.3. The summed E-state index contributed by atoms with van der Waals surface area (Å²) in [5.74, 6) is 1.15. The highest BCUT2D eigenvalue weighted by Crippen LogP contribution is 2.43. The van der Waals surface area contributed by atoms with E-state index in [0.717, 1.165) is 26.2 Å². The third-order valence-corrected chi connectivity index (χ3v) is 4.73. The van der Waals surface area contributed by atoms with Crippen molar-refractivity contribution >= 4 is 0 Å². The van der Waals surface area contributed by atoms with Gasteiger partial charge in [0.05, 0.1) is 13.2 Å². The SMILES string of the molecule is Cc1ccc(C(C)C)cc1C1(C(C)CCN)COC1. The number of nitrogens with two attached hydrogens (primary N) is 1. The molecule has 1 saturated heterocycles. The van der Waals surface area contributed by atoms with E-state index in [-0.39, 0.29) is 5.41 Å². The Kier molecular flexibility index (Phi) is 4.32. The summed E-state index contributed by atoms with van der Waals surface area (Å²) in [6.07, 6.45) is 1.06. The molecule has 0 aliphatic carbocycles. The predicted octanol–water partition coefficient (Wildman–Crippen LogP) is 3.37. The number of benzene rings is 1. The van der Waals surface area contributed by atoms with Crippen LogP contribution >= 0.6 is 0 Å². The van der Waals surface area contributed by atoms with E-state index >= 15 is 0 Å². The Balaban J connectivity index is 2.40. The third-order valence-electron chi connectivity index (χ3n) is 4.73. The van der Waals surface area contributed by atoms with Gasteiger partial charge in [-0.05, 0) is 48.4 Å². The first kappa shape index (κ1) is 14.5. The fourth-order valence-electron chi connectivity index (χ4n) is 3.09. The maximum Gasteiger partial charge on any atom is 0.0588 e. The van der Waals surface area contributed by atoms with Crippen molar-refractivity contribution in [1.82, 2.24) is 0 Å². The van der Waals surface area contributed by atoms with Crippen molar-refractivity contribution in [3.05, 3.63) is 34.9 Å². The second-order valence-electron chi connectivity index (χ2n) is 6.36. The van der Waals surface area contributed by atoms with Crippen LogP contribution in [0.4, 0.5) is 0 Å². The molecule has 1 atom stereocenters. The molecule has 1 aromatic rings. The van der Waals surface area contributed by atoms with Gasteiger partial charge in [0, 0.05) is 5.41 Å². The molecule has 0 saturated carbocycles. The molecule has 1 aliphatic rings. The van der Waals surface area contributed by atoms with E-state index in [2.05, 4.69) is 45.9 Å². The van der Waals surface area contributed by atoms with Crippen LogP contribution in [0.3, 0.4) is 0 Å². The van der Waals surface area contributed by atoms with Crippen LogP contribution in [0.1, 0.15) is 49.8 Å². The molecule has 1 heterocycles. The Morgan fingerprint density at radius 2 is 1.95 bits per heavy atom. The summed E-state index contributed by atoms with van der Waals surface area (Å²) < 4.78 is 5.57.